The molecule has 6 heteroatoms. The van der Waals surface area contributed by atoms with Gasteiger partial charge in [-0.3, -0.25) is 4.79 Å². The number of aromatic nitrogens is 1. The van der Waals surface area contributed by atoms with Crippen molar-refractivity contribution in [2.45, 2.75) is 25.5 Å². The molecule has 2 atom stereocenters. The largest absolute Gasteiger partial charge is 0.387 e. The number of aliphatic hydroxyl groups is 1. The molecular weight excluding hydrogens is 374 g/mol. The molecule has 1 amide bonds. The van der Waals surface area contributed by atoms with Crippen molar-refractivity contribution < 1.29 is 9.90 Å². The quantitative estimate of drug-likeness (QED) is 0.566. The molecule has 0 aliphatic heterocycles. The van der Waals surface area contributed by atoms with Crippen molar-refractivity contribution in [3.8, 4) is 0 Å². The van der Waals surface area contributed by atoms with Crippen molar-refractivity contribution in [3.63, 3.8) is 0 Å². The summed E-state index contributed by atoms with van der Waals surface area (Å²) in [6.45, 7) is 2.54. The van der Waals surface area contributed by atoms with Crippen molar-refractivity contribution in [3.05, 3.63) is 70.4 Å². The second kappa shape index (κ2) is 8.78. The minimum Gasteiger partial charge on any atom is -0.387 e. The number of benzene rings is 2. The van der Waals surface area contributed by atoms with Crippen LogP contribution in [0.1, 0.15) is 34.5 Å². The predicted molar refractivity (Wildman–Crippen MR) is 114 cm³/mol. The van der Waals surface area contributed by atoms with E-state index in [1.165, 1.54) is 5.56 Å². The highest BCUT2D eigenvalue weighted by molar-refractivity contribution is 6.30. The van der Waals surface area contributed by atoms with E-state index in [2.05, 4.69) is 17.2 Å². The van der Waals surface area contributed by atoms with Gasteiger partial charge in [0.2, 0.25) is 0 Å². The smallest absolute Gasteiger partial charge is 0.253 e. The molecule has 0 fully saturated rings. The number of rotatable bonds is 7. The molecule has 0 radical (unpaired) electrons. The lowest BCUT2D eigenvalue weighted by Gasteiger charge is -2.17. The molecule has 1 heterocycles. The third kappa shape index (κ3) is 4.73. The molecule has 3 N–H and O–H groups in total. The fraction of sp³-hybridized carbons (Fsp3) is 0.318. The van der Waals surface area contributed by atoms with Crippen LogP contribution in [0, 0.1) is 0 Å². The molecule has 1 aromatic heterocycles. The third-order valence-electron chi connectivity index (χ3n) is 4.84. The molecule has 28 heavy (non-hydrogen) atoms. The molecule has 0 unspecified atom stereocenters. The Bertz CT molecular complexity index is 967. The number of H-pyrrole nitrogens is 1. The lowest BCUT2D eigenvalue weighted by Crippen LogP contribution is -2.32. The zero-order valence-electron chi connectivity index (χ0n) is 16.4. The van der Waals surface area contributed by atoms with Gasteiger partial charge >= 0.3 is 0 Å². The maximum absolute atomic E-state index is 12.1. The summed E-state index contributed by atoms with van der Waals surface area (Å²) >= 11 is 5.99. The number of hydrogen-bond acceptors (Lipinski definition) is 3. The van der Waals surface area contributed by atoms with E-state index in [1.807, 2.05) is 36.5 Å². The second-order valence-corrected chi connectivity index (χ2v) is 7.79. The molecule has 0 aliphatic rings. The van der Waals surface area contributed by atoms with Gasteiger partial charge in [0.15, 0.2) is 0 Å². The first-order chi connectivity index (χ1) is 13.3. The monoisotopic (exact) mass is 399 g/mol. The Morgan fingerprint density at radius 2 is 2.04 bits per heavy atom. The van der Waals surface area contributed by atoms with E-state index in [9.17, 15) is 9.90 Å². The van der Waals surface area contributed by atoms with Crippen LogP contribution < -0.4 is 5.32 Å². The normalized spacial score (nSPS) is 13.5. The number of carbonyl (C=O) groups excluding carboxylic acids is 1. The SMILES string of the molecule is C[C@H](Cc1c[nH]c2cc(C(=O)N(C)C)ccc12)NC[C@H](O)c1cccc(Cl)c1. The summed E-state index contributed by atoms with van der Waals surface area (Å²) in [6, 6.07) is 13.2. The molecule has 0 bridgehead atoms. The van der Waals surface area contributed by atoms with E-state index in [1.54, 1.807) is 31.1 Å². The highest BCUT2D eigenvalue weighted by atomic mass is 35.5. The summed E-state index contributed by atoms with van der Waals surface area (Å²) in [6.07, 6.45) is 2.19. The van der Waals surface area contributed by atoms with Crippen LogP contribution >= 0.6 is 11.6 Å². The summed E-state index contributed by atoms with van der Waals surface area (Å²) < 4.78 is 0. The molecule has 0 spiro atoms. The van der Waals surface area contributed by atoms with E-state index < -0.39 is 6.10 Å². The Hall–Kier alpha value is -2.34. The van der Waals surface area contributed by atoms with E-state index in [0.717, 1.165) is 22.9 Å². The molecule has 148 valence electrons. The van der Waals surface area contributed by atoms with Crippen LogP contribution in [-0.2, 0) is 6.42 Å². The topological polar surface area (TPSA) is 68.4 Å². The van der Waals surface area contributed by atoms with Crippen LogP contribution in [0.15, 0.2) is 48.7 Å². The summed E-state index contributed by atoms with van der Waals surface area (Å²) in [4.78, 5) is 17.0. The molecule has 0 saturated heterocycles. The Kier molecular flexibility index (Phi) is 6.39. The van der Waals surface area contributed by atoms with Crippen LogP contribution in [0.2, 0.25) is 5.02 Å². The van der Waals surface area contributed by atoms with E-state index in [4.69, 9.17) is 11.6 Å². The molecule has 3 rings (SSSR count). The maximum atomic E-state index is 12.1. The highest BCUT2D eigenvalue weighted by Crippen LogP contribution is 2.22. The van der Waals surface area contributed by atoms with Gasteiger partial charge in [0.25, 0.3) is 5.91 Å². The lowest BCUT2D eigenvalue weighted by atomic mass is 10.0. The molecule has 5 nitrogen and oxygen atoms in total. The average molecular weight is 400 g/mol. The summed E-state index contributed by atoms with van der Waals surface area (Å²) in [5.74, 6) is -0.0110. The first-order valence-corrected chi connectivity index (χ1v) is 9.71. The minimum atomic E-state index is -0.608. The van der Waals surface area contributed by atoms with Crippen LogP contribution in [0.5, 0.6) is 0 Å². The summed E-state index contributed by atoms with van der Waals surface area (Å²) in [5, 5.41) is 15.5. The van der Waals surface area contributed by atoms with Crippen LogP contribution in [0.25, 0.3) is 10.9 Å². The number of nitrogens with zero attached hydrogens (tertiary/aromatic N) is 1. The minimum absolute atomic E-state index is 0.0110. The molecule has 0 aliphatic carbocycles. The van der Waals surface area contributed by atoms with Crippen LogP contribution in [0.3, 0.4) is 0 Å². The third-order valence-corrected chi connectivity index (χ3v) is 5.07. The number of fused-ring (bicyclic) bond motifs is 1. The van der Waals surface area contributed by atoms with Gasteiger partial charge in [-0.25, -0.2) is 0 Å². The van der Waals surface area contributed by atoms with Gasteiger partial charge in [-0.1, -0.05) is 29.8 Å². The number of amides is 1. The zero-order valence-corrected chi connectivity index (χ0v) is 17.1. The Morgan fingerprint density at radius 1 is 1.25 bits per heavy atom. The number of halogens is 1. The molecule has 0 saturated carbocycles. The number of hydrogen-bond donors (Lipinski definition) is 3. The van der Waals surface area contributed by atoms with E-state index in [-0.39, 0.29) is 11.9 Å². The van der Waals surface area contributed by atoms with E-state index >= 15 is 0 Å². The summed E-state index contributed by atoms with van der Waals surface area (Å²) in [7, 11) is 3.50. The predicted octanol–water partition coefficient (Wildman–Crippen LogP) is 3.78. The van der Waals surface area contributed by atoms with Crippen molar-refractivity contribution in [1.29, 1.82) is 0 Å². The number of nitrogens with one attached hydrogen (secondary N) is 2. The second-order valence-electron chi connectivity index (χ2n) is 7.36. The van der Waals surface area contributed by atoms with Crippen molar-refractivity contribution >= 4 is 28.4 Å². The number of aromatic amines is 1. The molecule has 3 aromatic rings. The van der Waals surface area contributed by atoms with Gasteiger partial charge in [-0.2, -0.15) is 0 Å². The van der Waals surface area contributed by atoms with Gasteiger partial charge < -0.3 is 20.3 Å². The number of aliphatic hydroxyl groups excluding tert-OH is 1. The highest BCUT2D eigenvalue weighted by Gasteiger charge is 2.14. The van der Waals surface area contributed by atoms with Crippen molar-refractivity contribution in [2.75, 3.05) is 20.6 Å². The first kappa shape index (κ1) is 20.4. The molecular formula is C22H26ClN3O2. The Morgan fingerprint density at radius 3 is 2.75 bits per heavy atom. The fourth-order valence-electron chi connectivity index (χ4n) is 3.29. The first-order valence-electron chi connectivity index (χ1n) is 9.33. The Labute approximate surface area is 170 Å². The van der Waals surface area contributed by atoms with Crippen LogP contribution in [0.4, 0.5) is 0 Å². The fourth-order valence-corrected chi connectivity index (χ4v) is 3.49. The lowest BCUT2D eigenvalue weighted by molar-refractivity contribution is 0.0827. The van der Waals surface area contributed by atoms with E-state index in [0.29, 0.717) is 17.1 Å². The molecule has 2 aromatic carbocycles. The van der Waals surface area contributed by atoms with Crippen LogP contribution in [-0.4, -0.2) is 47.6 Å². The van der Waals surface area contributed by atoms with Gasteiger partial charge in [0, 0.05) is 54.4 Å². The van der Waals surface area contributed by atoms with Gasteiger partial charge in [-0.15, -0.1) is 0 Å². The van der Waals surface area contributed by atoms with Crippen molar-refractivity contribution in [2.24, 2.45) is 0 Å². The van der Waals surface area contributed by atoms with Gasteiger partial charge in [-0.05, 0) is 48.7 Å². The number of carbonyl (C=O) groups is 1. The maximum Gasteiger partial charge on any atom is 0.253 e. The summed E-state index contributed by atoms with van der Waals surface area (Å²) in [5.41, 5.74) is 3.60. The zero-order chi connectivity index (χ0) is 20.3. The van der Waals surface area contributed by atoms with Gasteiger partial charge in [0.1, 0.15) is 0 Å². The van der Waals surface area contributed by atoms with Gasteiger partial charge in [0.05, 0.1) is 6.10 Å². The van der Waals surface area contributed by atoms with Crippen molar-refractivity contribution in [1.82, 2.24) is 15.2 Å². The standard InChI is InChI=1S/C22H26ClN3O2/c1-14(24-13-21(27)15-5-4-6-18(23)10-15)9-17-12-25-20-11-16(7-8-19(17)20)22(28)26(2)3/h4-8,10-12,14,21,24-25,27H,9,13H2,1-3H3/t14-,21+/m1/s1. The Balaban J connectivity index is 1.63. The average Bonchev–Trinajstić information content (AvgIpc) is 3.07.